The Labute approximate surface area is 140 Å². The minimum absolute atomic E-state index is 0.180. The van der Waals surface area contributed by atoms with Crippen LogP contribution in [0.5, 0.6) is 5.75 Å². The number of aromatic nitrogens is 4. The number of methoxy groups -OCH3 is 1. The smallest absolute Gasteiger partial charge is 0.291 e. The molecule has 3 heterocycles. The maximum Gasteiger partial charge on any atom is 0.291 e. The molecule has 4 rings (SSSR count). The molecule has 0 unspecified atom stereocenters. The second-order valence-electron chi connectivity index (χ2n) is 5.06. The highest BCUT2D eigenvalue weighted by atomic mass is 32.1. The van der Waals surface area contributed by atoms with Crippen LogP contribution in [0.2, 0.25) is 0 Å². The molecule has 0 aliphatic carbocycles. The van der Waals surface area contributed by atoms with Gasteiger partial charge < -0.3 is 4.74 Å². The average Bonchev–Trinajstić information content (AvgIpc) is 3.16. The van der Waals surface area contributed by atoms with Gasteiger partial charge in [0.05, 0.1) is 11.6 Å². The summed E-state index contributed by atoms with van der Waals surface area (Å²) in [5.74, 6) is 1.24. The van der Waals surface area contributed by atoms with Gasteiger partial charge in [0, 0.05) is 18.0 Å². The van der Waals surface area contributed by atoms with E-state index in [1.165, 1.54) is 15.9 Å². The summed E-state index contributed by atoms with van der Waals surface area (Å²) in [6.45, 7) is 0. The first kappa shape index (κ1) is 14.5. The molecule has 0 aliphatic heterocycles. The topological polar surface area (TPSA) is 69.4 Å². The van der Waals surface area contributed by atoms with Crippen molar-refractivity contribution in [3.05, 3.63) is 69.2 Å². The van der Waals surface area contributed by atoms with E-state index in [-0.39, 0.29) is 5.56 Å². The zero-order chi connectivity index (χ0) is 16.5. The van der Waals surface area contributed by atoms with Crippen molar-refractivity contribution >= 4 is 22.4 Å². The number of thiazole rings is 1. The maximum absolute atomic E-state index is 12.5. The fourth-order valence-corrected chi connectivity index (χ4v) is 3.24. The van der Waals surface area contributed by atoms with E-state index in [2.05, 4.69) is 15.1 Å². The van der Waals surface area contributed by atoms with Gasteiger partial charge in [0.25, 0.3) is 5.56 Å². The van der Waals surface area contributed by atoms with Crippen molar-refractivity contribution in [2.75, 3.05) is 7.11 Å². The molecule has 1 aromatic carbocycles. The molecule has 0 aliphatic rings. The third kappa shape index (κ3) is 2.55. The summed E-state index contributed by atoms with van der Waals surface area (Å²) >= 11 is 1.31. The fourth-order valence-electron chi connectivity index (χ4n) is 2.33. The predicted octanol–water partition coefficient (Wildman–Crippen LogP) is 1.77. The van der Waals surface area contributed by atoms with Crippen molar-refractivity contribution in [2.24, 2.45) is 0 Å². The zero-order valence-corrected chi connectivity index (χ0v) is 13.5. The summed E-state index contributed by atoms with van der Waals surface area (Å²) in [5.41, 5.74) is 1.50. The Balaban J connectivity index is 1.81. The minimum Gasteiger partial charge on any atom is -0.497 e. The molecule has 0 amide bonds. The lowest BCUT2D eigenvalue weighted by atomic mass is 10.2. The van der Waals surface area contributed by atoms with Crippen molar-refractivity contribution < 1.29 is 4.74 Å². The molecular weight excluding hydrogens is 324 g/mol. The number of hydrogen-bond acceptors (Lipinski definition) is 6. The van der Waals surface area contributed by atoms with Crippen LogP contribution in [0, 0.1) is 0 Å². The van der Waals surface area contributed by atoms with Gasteiger partial charge in [0.15, 0.2) is 5.82 Å². The molecule has 0 fully saturated rings. The summed E-state index contributed by atoms with van der Waals surface area (Å²) in [6.07, 6.45) is 5.17. The molecule has 0 atom stereocenters. The number of nitrogens with zero attached hydrogens (tertiary/aromatic N) is 4. The highest BCUT2D eigenvalue weighted by molar-refractivity contribution is 7.15. The van der Waals surface area contributed by atoms with Crippen molar-refractivity contribution in [3.8, 4) is 17.1 Å². The molecule has 0 spiro atoms. The average molecular weight is 336 g/mol. The molecule has 0 saturated carbocycles. The summed E-state index contributed by atoms with van der Waals surface area (Å²) in [4.78, 5) is 21.6. The molecule has 6 nitrogen and oxygen atoms in total. The van der Waals surface area contributed by atoms with Crippen LogP contribution < -0.4 is 14.8 Å². The first-order chi connectivity index (χ1) is 11.7. The van der Waals surface area contributed by atoms with Crippen molar-refractivity contribution in [3.63, 3.8) is 0 Å². The summed E-state index contributed by atoms with van der Waals surface area (Å²) in [5, 5.41) is 4.30. The Kier molecular flexibility index (Phi) is 3.55. The predicted molar refractivity (Wildman–Crippen MR) is 92.1 cm³/mol. The van der Waals surface area contributed by atoms with Crippen molar-refractivity contribution in [1.82, 2.24) is 19.6 Å². The molecule has 0 N–H and O–H groups in total. The lowest BCUT2D eigenvalue weighted by molar-refractivity contribution is 0.414. The number of pyridine rings is 1. The van der Waals surface area contributed by atoms with Gasteiger partial charge in [-0.1, -0.05) is 23.5 Å². The normalized spacial score (nSPS) is 12.0. The standard InChI is InChI=1S/C17H12N4O2S/c1-23-13-6-2-4-11(8-13)9-14-16(22)21-17(24-14)19-15(20-21)12-5-3-7-18-10-12/h2-10H,1H3/b14-9-. The van der Waals surface area contributed by atoms with Crippen molar-refractivity contribution in [2.45, 2.75) is 0 Å². The third-order valence-corrected chi connectivity index (χ3v) is 4.45. The van der Waals surface area contributed by atoms with Gasteiger partial charge in [-0.3, -0.25) is 9.78 Å². The summed E-state index contributed by atoms with van der Waals surface area (Å²) < 4.78 is 7.11. The largest absolute Gasteiger partial charge is 0.497 e. The minimum atomic E-state index is -0.180. The molecule has 118 valence electrons. The van der Waals surface area contributed by atoms with Gasteiger partial charge in [-0.25, -0.2) is 0 Å². The zero-order valence-electron chi connectivity index (χ0n) is 12.7. The second-order valence-corrected chi connectivity index (χ2v) is 6.07. The highest BCUT2D eigenvalue weighted by Crippen LogP contribution is 2.15. The van der Waals surface area contributed by atoms with Crippen LogP contribution in [-0.2, 0) is 0 Å². The van der Waals surface area contributed by atoms with Gasteiger partial charge in [-0.15, -0.1) is 5.10 Å². The van der Waals surface area contributed by atoms with Crippen molar-refractivity contribution in [1.29, 1.82) is 0 Å². The number of fused-ring (bicyclic) bond motifs is 1. The lowest BCUT2D eigenvalue weighted by Gasteiger charge is -1.99. The first-order valence-electron chi connectivity index (χ1n) is 7.20. The molecule has 0 saturated heterocycles. The molecular formula is C17H12N4O2S. The van der Waals surface area contributed by atoms with Crippen LogP contribution >= 0.6 is 11.3 Å². The van der Waals surface area contributed by atoms with Crippen LogP contribution in [0.4, 0.5) is 0 Å². The van der Waals surface area contributed by atoms with Gasteiger partial charge in [-0.05, 0) is 35.9 Å². The van der Waals surface area contributed by atoms with E-state index < -0.39 is 0 Å². The van der Waals surface area contributed by atoms with Gasteiger partial charge in [0.1, 0.15) is 5.75 Å². The molecule has 0 radical (unpaired) electrons. The maximum atomic E-state index is 12.5. The number of ether oxygens (including phenoxy) is 1. The van der Waals surface area contributed by atoms with Crippen LogP contribution in [0.25, 0.3) is 22.4 Å². The van der Waals surface area contributed by atoms with E-state index in [0.29, 0.717) is 15.3 Å². The fraction of sp³-hybridized carbons (Fsp3) is 0.0588. The van der Waals surface area contributed by atoms with E-state index in [1.54, 1.807) is 19.5 Å². The molecule has 7 heteroatoms. The first-order valence-corrected chi connectivity index (χ1v) is 8.02. The Morgan fingerprint density at radius 2 is 2.17 bits per heavy atom. The second kappa shape index (κ2) is 5.86. The molecule has 0 bridgehead atoms. The van der Waals surface area contributed by atoms with Crippen LogP contribution in [0.15, 0.2) is 53.6 Å². The molecule has 3 aromatic heterocycles. The van der Waals surface area contributed by atoms with Crippen LogP contribution in [-0.4, -0.2) is 26.7 Å². The van der Waals surface area contributed by atoms with Crippen LogP contribution in [0.3, 0.4) is 0 Å². The third-order valence-electron chi connectivity index (χ3n) is 3.49. The summed E-state index contributed by atoms with van der Waals surface area (Å²) in [7, 11) is 1.61. The molecule has 4 aromatic rings. The van der Waals surface area contributed by atoms with E-state index >= 15 is 0 Å². The van der Waals surface area contributed by atoms with E-state index in [1.807, 2.05) is 42.5 Å². The Morgan fingerprint density at radius 3 is 2.92 bits per heavy atom. The van der Waals surface area contributed by atoms with E-state index in [9.17, 15) is 4.79 Å². The quantitative estimate of drug-likeness (QED) is 0.570. The molecule has 24 heavy (non-hydrogen) atoms. The van der Waals surface area contributed by atoms with Gasteiger partial charge in [0.2, 0.25) is 4.96 Å². The van der Waals surface area contributed by atoms with E-state index in [4.69, 9.17) is 4.74 Å². The van der Waals surface area contributed by atoms with E-state index in [0.717, 1.165) is 16.9 Å². The summed E-state index contributed by atoms with van der Waals surface area (Å²) in [6, 6.07) is 11.2. The SMILES string of the molecule is COc1cccc(/C=c2\sc3nc(-c4cccnc4)nn3c2=O)c1. The number of hydrogen-bond donors (Lipinski definition) is 0. The van der Waals surface area contributed by atoms with Gasteiger partial charge in [-0.2, -0.15) is 9.50 Å². The lowest BCUT2D eigenvalue weighted by Crippen LogP contribution is -2.23. The Bertz CT molecular complexity index is 1120. The Morgan fingerprint density at radius 1 is 1.25 bits per heavy atom. The number of benzene rings is 1. The van der Waals surface area contributed by atoms with Gasteiger partial charge >= 0.3 is 0 Å². The number of rotatable bonds is 3. The van der Waals surface area contributed by atoms with Crippen LogP contribution in [0.1, 0.15) is 5.56 Å². The Hall–Kier alpha value is -3.06. The monoisotopic (exact) mass is 336 g/mol. The highest BCUT2D eigenvalue weighted by Gasteiger charge is 2.11.